The van der Waals surface area contributed by atoms with Crippen molar-refractivity contribution >= 4 is 33.6 Å². The molecule has 1 aromatic rings. The van der Waals surface area contributed by atoms with Gasteiger partial charge >= 0.3 is 12.0 Å². The lowest BCUT2D eigenvalue weighted by molar-refractivity contribution is -0.126. The molecule has 1 saturated heterocycles. The van der Waals surface area contributed by atoms with Gasteiger partial charge in [-0.3, -0.25) is 4.79 Å². The van der Waals surface area contributed by atoms with Crippen LogP contribution in [0.25, 0.3) is 0 Å². The molecule has 2 unspecified atom stereocenters. The molecule has 0 spiro atoms. The first-order valence-corrected chi connectivity index (χ1v) is 12.7. The number of nitrogens with zero attached hydrogens (tertiary/aromatic N) is 1. The van der Waals surface area contributed by atoms with Crippen LogP contribution in [0.4, 0.5) is 10.5 Å². The van der Waals surface area contributed by atoms with E-state index in [-0.39, 0.29) is 40.9 Å². The average Bonchev–Trinajstić information content (AvgIpc) is 3.41. The highest BCUT2D eigenvalue weighted by Crippen LogP contribution is 2.36. The maximum absolute atomic E-state index is 12.7. The van der Waals surface area contributed by atoms with Gasteiger partial charge in [-0.05, 0) is 44.9 Å². The lowest BCUT2D eigenvalue weighted by atomic mass is 10.1. The van der Waals surface area contributed by atoms with Crippen LogP contribution in [0.15, 0.2) is 23.1 Å². The smallest absolute Gasteiger partial charge is 0.340 e. The van der Waals surface area contributed by atoms with Gasteiger partial charge in [-0.1, -0.05) is 0 Å². The predicted molar refractivity (Wildman–Crippen MR) is 126 cm³/mol. The molecule has 0 radical (unpaired) electrons. The number of benzene rings is 1. The van der Waals surface area contributed by atoms with Crippen LogP contribution in [-0.4, -0.2) is 76.6 Å². The van der Waals surface area contributed by atoms with Gasteiger partial charge in [0, 0.05) is 56.3 Å². The van der Waals surface area contributed by atoms with Crippen molar-refractivity contribution < 1.29 is 27.5 Å². The number of carbonyl (C=O) groups excluding carboxylic acids is 3. The van der Waals surface area contributed by atoms with Crippen LogP contribution in [0, 0.1) is 5.92 Å². The fraction of sp³-hybridized carbons (Fsp3) is 0.591. The van der Waals surface area contributed by atoms with Gasteiger partial charge in [0.25, 0.3) is 0 Å². The Morgan fingerprint density at radius 3 is 2.56 bits per heavy atom. The van der Waals surface area contributed by atoms with E-state index in [4.69, 9.17) is 4.74 Å². The molecule has 12 heteroatoms. The number of amides is 3. The van der Waals surface area contributed by atoms with Gasteiger partial charge in [0.1, 0.15) is 0 Å². The maximum atomic E-state index is 12.7. The first kappa shape index (κ1) is 25.8. The molecule has 3 rings (SSSR count). The molecule has 0 aromatic heterocycles. The van der Waals surface area contributed by atoms with Gasteiger partial charge in [0.05, 0.1) is 17.6 Å². The quantitative estimate of drug-likeness (QED) is 0.353. The van der Waals surface area contributed by atoms with E-state index in [0.29, 0.717) is 25.2 Å². The van der Waals surface area contributed by atoms with E-state index in [9.17, 15) is 22.8 Å². The summed E-state index contributed by atoms with van der Waals surface area (Å²) in [6, 6.07) is 3.59. The summed E-state index contributed by atoms with van der Waals surface area (Å²) in [5, 5.41) is 8.63. The molecule has 188 valence electrons. The second kappa shape index (κ2) is 10.2. The number of sulfonamides is 1. The standard InChI is InChI=1S/C22H33N5O6S/c1-14(11-23-21(30)24-12-15-9-19(28)27(3)13-15)25-18-6-5-16(10-17(18)20(29)33-4)34(31,32)26-22(2)7-8-22/h5-6,10,14-15,25-26H,7-9,11-13H2,1-4H3,(H2,23,24,30). The monoisotopic (exact) mass is 495 g/mol. The predicted octanol–water partition coefficient (Wildman–Crippen LogP) is 0.882. The van der Waals surface area contributed by atoms with Crippen molar-refractivity contribution in [2.45, 2.75) is 49.6 Å². The summed E-state index contributed by atoms with van der Waals surface area (Å²) in [5.74, 6) is -0.512. The average molecular weight is 496 g/mol. The Hall–Kier alpha value is -2.86. The van der Waals surface area contributed by atoms with E-state index in [1.165, 1.54) is 25.3 Å². The fourth-order valence-corrected chi connectivity index (χ4v) is 5.21. The van der Waals surface area contributed by atoms with Crippen molar-refractivity contribution in [2.75, 3.05) is 39.1 Å². The summed E-state index contributed by atoms with van der Waals surface area (Å²) in [7, 11) is -0.817. The molecule has 1 heterocycles. The fourth-order valence-electron chi connectivity index (χ4n) is 3.72. The number of esters is 1. The van der Waals surface area contributed by atoms with Crippen molar-refractivity contribution in [3.63, 3.8) is 0 Å². The van der Waals surface area contributed by atoms with Crippen LogP contribution < -0.4 is 20.7 Å². The summed E-state index contributed by atoms with van der Waals surface area (Å²) in [6.45, 7) is 4.91. The summed E-state index contributed by atoms with van der Waals surface area (Å²) in [6.07, 6.45) is 1.96. The van der Waals surface area contributed by atoms with Gasteiger partial charge in [-0.2, -0.15) is 0 Å². The third-order valence-corrected chi connectivity index (χ3v) is 7.67. The third-order valence-electron chi connectivity index (χ3n) is 6.03. The molecule has 0 bridgehead atoms. The maximum Gasteiger partial charge on any atom is 0.340 e. The second-order valence-electron chi connectivity index (χ2n) is 9.35. The minimum absolute atomic E-state index is 0.0206. The number of nitrogens with one attached hydrogen (secondary N) is 4. The molecule has 3 amide bonds. The van der Waals surface area contributed by atoms with Crippen LogP contribution in [0.2, 0.25) is 0 Å². The Balaban J connectivity index is 1.57. The molecule has 1 aromatic carbocycles. The number of hydrogen-bond acceptors (Lipinski definition) is 7. The lowest BCUT2D eigenvalue weighted by Crippen LogP contribution is -2.42. The van der Waals surface area contributed by atoms with Crippen molar-refractivity contribution in [3.8, 4) is 0 Å². The Morgan fingerprint density at radius 2 is 1.97 bits per heavy atom. The van der Waals surface area contributed by atoms with Crippen LogP contribution in [-0.2, 0) is 19.6 Å². The third kappa shape index (κ3) is 6.60. The number of urea groups is 1. The zero-order valence-electron chi connectivity index (χ0n) is 19.9. The van der Waals surface area contributed by atoms with Gasteiger partial charge in [0.2, 0.25) is 15.9 Å². The summed E-state index contributed by atoms with van der Waals surface area (Å²) in [5.41, 5.74) is 0.0359. The highest BCUT2D eigenvalue weighted by Gasteiger charge is 2.41. The molecular formula is C22H33N5O6S. The molecule has 2 fully saturated rings. The van der Waals surface area contributed by atoms with Crippen LogP contribution in [0.5, 0.6) is 0 Å². The Bertz CT molecular complexity index is 1060. The van der Waals surface area contributed by atoms with Crippen LogP contribution in [0.1, 0.15) is 43.5 Å². The van der Waals surface area contributed by atoms with E-state index < -0.39 is 21.5 Å². The highest BCUT2D eigenvalue weighted by molar-refractivity contribution is 7.89. The van der Waals surface area contributed by atoms with E-state index in [1.807, 2.05) is 13.8 Å². The van der Waals surface area contributed by atoms with Gasteiger partial charge < -0.3 is 25.6 Å². The molecule has 1 aliphatic carbocycles. The molecule has 1 saturated carbocycles. The first-order chi connectivity index (χ1) is 15.9. The summed E-state index contributed by atoms with van der Waals surface area (Å²) >= 11 is 0. The zero-order valence-corrected chi connectivity index (χ0v) is 20.8. The van der Waals surface area contributed by atoms with E-state index in [0.717, 1.165) is 12.8 Å². The number of methoxy groups -OCH3 is 1. The molecule has 2 aliphatic rings. The minimum Gasteiger partial charge on any atom is -0.465 e. The van der Waals surface area contributed by atoms with Crippen molar-refractivity contribution in [3.05, 3.63) is 23.8 Å². The number of likely N-dealkylation sites (tertiary alicyclic amines) is 1. The Labute approximate surface area is 200 Å². The Kier molecular flexibility index (Phi) is 7.71. The molecule has 1 aliphatic heterocycles. The Morgan fingerprint density at radius 1 is 1.26 bits per heavy atom. The molecule has 2 atom stereocenters. The van der Waals surface area contributed by atoms with Gasteiger partial charge in [-0.15, -0.1) is 0 Å². The van der Waals surface area contributed by atoms with Gasteiger partial charge in [0.15, 0.2) is 0 Å². The van der Waals surface area contributed by atoms with Crippen LogP contribution >= 0.6 is 0 Å². The number of carbonyl (C=O) groups is 3. The second-order valence-corrected chi connectivity index (χ2v) is 11.0. The topological polar surface area (TPSA) is 146 Å². The van der Waals surface area contributed by atoms with Gasteiger partial charge in [-0.25, -0.2) is 22.7 Å². The van der Waals surface area contributed by atoms with E-state index >= 15 is 0 Å². The van der Waals surface area contributed by atoms with E-state index in [1.54, 1.807) is 11.9 Å². The SMILES string of the molecule is COC(=O)c1cc(S(=O)(=O)NC2(C)CC2)ccc1NC(C)CNC(=O)NCC1CC(=O)N(C)C1. The molecular weight excluding hydrogens is 462 g/mol. The number of ether oxygens (including phenoxy) is 1. The van der Waals surface area contributed by atoms with Crippen molar-refractivity contribution in [2.24, 2.45) is 5.92 Å². The normalized spacial score (nSPS) is 19.9. The molecule has 11 nitrogen and oxygen atoms in total. The van der Waals surface area contributed by atoms with Crippen molar-refractivity contribution in [1.82, 2.24) is 20.3 Å². The minimum atomic E-state index is -3.78. The number of anilines is 1. The zero-order chi connectivity index (χ0) is 25.1. The number of hydrogen-bond donors (Lipinski definition) is 4. The molecule has 34 heavy (non-hydrogen) atoms. The van der Waals surface area contributed by atoms with E-state index in [2.05, 4.69) is 20.7 Å². The molecule has 4 N–H and O–H groups in total. The first-order valence-electron chi connectivity index (χ1n) is 11.2. The number of rotatable bonds is 10. The van der Waals surface area contributed by atoms with Crippen molar-refractivity contribution in [1.29, 1.82) is 0 Å². The largest absolute Gasteiger partial charge is 0.465 e. The highest BCUT2D eigenvalue weighted by atomic mass is 32.2. The summed E-state index contributed by atoms with van der Waals surface area (Å²) in [4.78, 5) is 37.7. The lowest BCUT2D eigenvalue weighted by Gasteiger charge is -2.20. The van der Waals surface area contributed by atoms with Crippen LogP contribution in [0.3, 0.4) is 0 Å². The summed E-state index contributed by atoms with van der Waals surface area (Å²) < 4.78 is 32.9.